The van der Waals surface area contributed by atoms with Crippen molar-refractivity contribution >= 4 is 14.0 Å². The van der Waals surface area contributed by atoms with Crippen LogP contribution in [0.4, 0.5) is 5.69 Å². The highest BCUT2D eigenvalue weighted by Crippen LogP contribution is 2.43. The first-order valence-corrected chi connectivity index (χ1v) is 9.58. The quantitative estimate of drug-likeness (QED) is 0.607. The maximum absolute atomic E-state index is 9.54. The molecule has 0 saturated carbocycles. The Bertz CT molecular complexity index is 422. The zero-order valence-corrected chi connectivity index (χ0v) is 14.6. The molecule has 0 bridgehead atoms. The van der Waals surface area contributed by atoms with Crippen LogP contribution in [0.3, 0.4) is 0 Å². The summed E-state index contributed by atoms with van der Waals surface area (Å²) < 4.78 is 6.59. The second kappa shape index (κ2) is 6.63. The van der Waals surface area contributed by atoms with Gasteiger partial charge in [-0.1, -0.05) is 41.5 Å². The molecule has 3 nitrogen and oxygen atoms in total. The van der Waals surface area contributed by atoms with Gasteiger partial charge in [0.15, 0.2) is 0 Å². The fraction of sp³-hybridized carbons (Fsp3) is 0.625. The van der Waals surface area contributed by atoms with Crippen molar-refractivity contribution in [3.63, 3.8) is 0 Å². The Hall–Kier alpha value is -1.00. The van der Waals surface area contributed by atoms with E-state index >= 15 is 0 Å². The van der Waals surface area contributed by atoms with Crippen molar-refractivity contribution in [2.45, 2.75) is 64.8 Å². The summed E-state index contributed by atoms with van der Waals surface area (Å²) in [7, 11) is -1.99. The van der Waals surface area contributed by atoms with Crippen molar-refractivity contribution in [1.29, 1.82) is 0 Å². The number of aliphatic hydroxyl groups excluding tert-OH is 1. The Morgan fingerprint density at radius 3 is 1.95 bits per heavy atom. The van der Waals surface area contributed by atoms with Crippen molar-refractivity contribution in [1.82, 2.24) is 0 Å². The SMILES string of the molecule is CC(C)[Si](Oc1ccc(N)cc1CO)(C(C)C)C(C)C. The fourth-order valence-electron chi connectivity index (χ4n) is 3.37. The summed E-state index contributed by atoms with van der Waals surface area (Å²) in [5, 5.41) is 9.54. The highest BCUT2D eigenvalue weighted by molar-refractivity contribution is 6.78. The summed E-state index contributed by atoms with van der Waals surface area (Å²) in [5.41, 5.74) is 8.75. The molecule has 0 amide bonds. The molecule has 0 aliphatic heterocycles. The van der Waals surface area contributed by atoms with E-state index in [4.69, 9.17) is 10.2 Å². The van der Waals surface area contributed by atoms with Gasteiger partial charge in [0.1, 0.15) is 5.75 Å². The number of hydrogen-bond donors (Lipinski definition) is 2. The summed E-state index contributed by atoms with van der Waals surface area (Å²) >= 11 is 0. The van der Waals surface area contributed by atoms with Gasteiger partial charge in [0.05, 0.1) is 6.61 Å². The molecule has 4 heteroatoms. The normalized spacial score (nSPS) is 12.5. The minimum absolute atomic E-state index is 0.0425. The Balaban J connectivity index is 3.26. The number of benzene rings is 1. The lowest BCUT2D eigenvalue weighted by molar-refractivity contribution is 0.277. The number of nitrogen functional groups attached to an aromatic ring is 1. The standard InChI is InChI=1S/C16H29NO2Si/c1-11(2)20(12(3)4,13(5)6)19-16-8-7-15(17)9-14(16)10-18/h7-9,11-13,18H,10,17H2,1-6H3. The largest absolute Gasteiger partial charge is 0.542 e. The van der Waals surface area contributed by atoms with Gasteiger partial charge in [0.25, 0.3) is 8.32 Å². The number of nitrogens with two attached hydrogens (primary N) is 1. The molecular weight excluding hydrogens is 266 g/mol. The van der Waals surface area contributed by atoms with Crippen LogP contribution >= 0.6 is 0 Å². The fourth-order valence-corrected chi connectivity index (χ4v) is 8.65. The van der Waals surface area contributed by atoms with E-state index < -0.39 is 8.32 Å². The Kier molecular flexibility index (Phi) is 5.65. The summed E-state index contributed by atoms with van der Waals surface area (Å²) in [6.45, 7) is 13.5. The van der Waals surface area contributed by atoms with Crippen LogP contribution < -0.4 is 10.2 Å². The predicted octanol–water partition coefficient (Wildman–Crippen LogP) is 4.32. The number of aliphatic hydroxyl groups is 1. The van der Waals surface area contributed by atoms with Crippen LogP contribution in [0, 0.1) is 0 Å². The summed E-state index contributed by atoms with van der Waals surface area (Å²) in [5.74, 6) is 0.796. The average Bonchev–Trinajstić information content (AvgIpc) is 2.35. The van der Waals surface area contributed by atoms with Crippen LogP contribution in [0.25, 0.3) is 0 Å². The van der Waals surface area contributed by atoms with Crippen molar-refractivity contribution < 1.29 is 9.53 Å². The van der Waals surface area contributed by atoms with Crippen LogP contribution in [0.1, 0.15) is 47.1 Å². The van der Waals surface area contributed by atoms with Gasteiger partial charge in [-0.05, 0) is 34.8 Å². The van der Waals surface area contributed by atoms with E-state index in [9.17, 15) is 5.11 Å². The van der Waals surface area contributed by atoms with E-state index in [1.807, 2.05) is 12.1 Å². The zero-order valence-electron chi connectivity index (χ0n) is 13.6. The average molecular weight is 295 g/mol. The minimum atomic E-state index is -1.99. The highest BCUT2D eigenvalue weighted by atomic mass is 28.4. The molecule has 1 rings (SSSR count). The topological polar surface area (TPSA) is 55.5 Å². The molecule has 0 unspecified atom stereocenters. The second-order valence-corrected chi connectivity index (χ2v) is 11.8. The lowest BCUT2D eigenvalue weighted by Gasteiger charge is -2.42. The molecule has 0 heterocycles. The van der Waals surface area contributed by atoms with E-state index in [0.29, 0.717) is 22.3 Å². The Morgan fingerprint density at radius 1 is 1.05 bits per heavy atom. The van der Waals surface area contributed by atoms with E-state index in [-0.39, 0.29) is 6.61 Å². The molecule has 1 aromatic rings. The van der Waals surface area contributed by atoms with Gasteiger partial charge < -0.3 is 15.3 Å². The van der Waals surface area contributed by atoms with E-state index in [1.54, 1.807) is 6.07 Å². The highest BCUT2D eigenvalue weighted by Gasteiger charge is 2.47. The molecular formula is C16H29NO2Si. The third-order valence-corrected chi connectivity index (χ3v) is 10.2. The molecule has 20 heavy (non-hydrogen) atoms. The first-order valence-electron chi connectivity index (χ1n) is 7.43. The van der Waals surface area contributed by atoms with E-state index in [1.165, 1.54) is 0 Å². The van der Waals surface area contributed by atoms with Gasteiger partial charge in [-0.3, -0.25) is 0 Å². The number of hydrogen-bond acceptors (Lipinski definition) is 3. The van der Waals surface area contributed by atoms with Gasteiger partial charge in [-0.15, -0.1) is 0 Å². The molecule has 0 saturated heterocycles. The maximum atomic E-state index is 9.54. The lowest BCUT2D eigenvalue weighted by atomic mass is 10.2. The molecule has 0 aromatic heterocycles. The second-order valence-electron chi connectivity index (χ2n) is 6.44. The number of anilines is 1. The van der Waals surface area contributed by atoms with Crippen LogP contribution in [0.15, 0.2) is 18.2 Å². The summed E-state index contributed by atoms with van der Waals surface area (Å²) in [4.78, 5) is 0. The third-order valence-electron chi connectivity index (χ3n) is 4.25. The Labute approximate surface area is 124 Å². The van der Waals surface area contributed by atoms with Gasteiger partial charge in [-0.25, -0.2) is 0 Å². The van der Waals surface area contributed by atoms with Gasteiger partial charge >= 0.3 is 0 Å². The van der Waals surface area contributed by atoms with Gasteiger partial charge in [0.2, 0.25) is 0 Å². The minimum Gasteiger partial charge on any atom is -0.542 e. The maximum Gasteiger partial charge on any atom is 0.258 e. The summed E-state index contributed by atoms with van der Waals surface area (Å²) in [6, 6.07) is 5.54. The summed E-state index contributed by atoms with van der Waals surface area (Å²) in [6.07, 6.45) is 0. The Morgan fingerprint density at radius 2 is 1.55 bits per heavy atom. The van der Waals surface area contributed by atoms with E-state index in [0.717, 1.165) is 11.3 Å². The molecule has 114 valence electrons. The first-order chi connectivity index (χ1) is 9.25. The number of rotatable bonds is 6. The third kappa shape index (κ3) is 3.18. The molecule has 0 aliphatic rings. The lowest BCUT2D eigenvalue weighted by Crippen LogP contribution is -2.50. The van der Waals surface area contributed by atoms with E-state index in [2.05, 4.69) is 41.5 Å². The van der Waals surface area contributed by atoms with Crippen molar-refractivity contribution in [2.75, 3.05) is 5.73 Å². The van der Waals surface area contributed by atoms with Gasteiger partial charge in [-0.2, -0.15) is 0 Å². The van der Waals surface area contributed by atoms with Gasteiger partial charge in [0, 0.05) is 11.3 Å². The van der Waals surface area contributed by atoms with Crippen molar-refractivity contribution in [3.8, 4) is 5.75 Å². The van der Waals surface area contributed by atoms with Crippen LogP contribution in [0.2, 0.25) is 16.6 Å². The molecule has 3 N–H and O–H groups in total. The molecule has 0 radical (unpaired) electrons. The first kappa shape index (κ1) is 17.0. The van der Waals surface area contributed by atoms with Crippen LogP contribution in [-0.4, -0.2) is 13.4 Å². The molecule has 0 fully saturated rings. The molecule has 0 spiro atoms. The smallest absolute Gasteiger partial charge is 0.258 e. The molecule has 1 aromatic carbocycles. The zero-order chi connectivity index (χ0) is 15.5. The van der Waals surface area contributed by atoms with Crippen LogP contribution in [-0.2, 0) is 6.61 Å². The van der Waals surface area contributed by atoms with Crippen molar-refractivity contribution in [2.24, 2.45) is 0 Å². The monoisotopic (exact) mass is 295 g/mol. The van der Waals surface area contributed by atoms with Crippen LogP contribution in [0.5, 0.6) is 5.75 Å². The molecule has 0 atom stereocenters. The van der Waals surface area contributed by atoms with Crippen molar-refractivity contribution in [3.05, 3.63) is 23.8 Å². The predicted molar refractivity (Wildman–Crippen MR) is 88.5 cm³/mol. The molecule has 0 aliphatic carbocycles.